The third-order valence-corrected chi connectivity index (χ3v) is 4.02. The molecular weight excluding hydrogens is 246 g/mol. The van der Waals surface area contributed by atoms with Gasteiger partial charge in [-0.05, 0) is 26.8 Å². The van der Waals surface area contributed by atoms with E-state index < -0.39 is 11.5 Å². The van der Waals surface area contributed by atoms with Crippen molar-refractivity contribution in [1.29, 1.82) is 0 Å². The Balaban J connectivity index is 2.62. The van der Waals surface area contributed by atoms with Gasteiger partial charge in [0.25, 0.3) is 0 Å². The molecule has 1 fully saturated rings. The van der Waals surface area contributed by atoms with Crippen LogP contribution in [0.5, 0.6) is 0 Å². The van der Waals surface area contributed by atoms with Crippen LogP contribution in [-0.2, 0) is 4.79 Å². The molecule has 0 spiro atoms. The average Bonchev–Trinajstić information content (AvgIpc) is 2.38. The van der Waals surface area contributed by atoms with E-state index in [2.05, 4.69) is 24.1 Å². The van der Waals surface area contributed by atoms with Gasteiger partial charge in [-0.3, -0.25) is 4.90 Å². The molecule has 110 valence electrons. The molecule has 19 heavy (non-hydrogen) atoms. The number of likely N-dealkylation sites (N-methyl/N-ethyl adjacent to an activating group) is 1. The summed E-state index contributed by atoms with van der Waals surface area (Å²) in [4.78, 5) is 27.3. The van der Waals surface area contributed by atoms with Gasteiger partial charge in [0.1, 0.15) is 5.54 Å². The zero-order valence-electron chi connectivity index (χ0n) is 12.3. The van der Waals surface area contributed by atoms with Crippen molar-refractivity contribution in [2.45, 2.75) is 45.7 Å². The van der Waals surface area contributed by atoms with Crippen LogP contribution < -0.4 is 5.32 Å². The predicted octanol–water partition coefficient (Wildman–Crippen LogP) is 0.975. The lowest BCUT2D eigenvalue weighted by atomic mass is 9.99. The number of carboxylic acids is 1. The lowest BCUT2D eigenvalue weighted by Gasteiger charge is -2.40. The molecule has 0 aliphatic carbocycles. The van der Waals surface area contributed by atoms with Crippen molar-refractivity contribution in [2.75, 3.05) is 26.2 Å². The van der Waals surface area contributed by atoms with Crippen molar-refractivity contribution in [1.82, 2.24) is 15.1 Å². The fourth-order valence-electron chi connectivity index (χ4n) is 2.26. The third-order valence-electron chi connectivity index (χ3n) is 4.02. The second kappa shape index (κ2) is 6.23. The molecule has 6 heteroatoms. The molecule has 2 unspecified atom stereocenters. The second-order valence-corrected chi connectivity index (χ2v) is 5.34. The lowest BCUT2D eigenvalue weighted by Crippen LogP contribution is -2.60. The molecule has 6 nitrogen and oxygen atoms in total. The van der Waals surface area contributed by atoms with Crippen LogP contribution >= 0.6 is 0 Å². The first-order valence-corrected chi connectivity index (χ1v) is 6.88. The number of piperazine rings is 1. The molecule has 1 rings (SSSR count). The van der Waals surface area contributed by atoms with E-state index in [0.29, 0.717) is 25.6 Å². The Morgan fingerprint density at radius 1 is 1.37 bits per heavy atom. The van der Waals surface area contributed by atoms with Crippen LogP contribution in [0.25, 0.3) is 0 Å². The summed E-state index contributed by atoms with van der Waals surface area (Å²) in [6, 6.07) is 0.0246. The monoisotopic (exact) mass is 271 g/mol. The quantitative estimate of drug-likeness (QED) is 0.799. The number of hydrogen-bond acceptors (Lipinski definition) is 3. The summed E-state index contributed by atoms with van der Waals surface area (Å²) in [6.45, 7) is 10.6. The summed E-state index contributed by atoms with van der Waals surface area (Å²) in [5, 5.41) is 11.8. The number of carbonyl (C=O) groups is 2. The number of urea groups is 1. The van der Waals surface area contributed by atoms with E-state index in [0.717, 1.165) is 13.1 Å². The SMILES string of the molecule is CCN1CCN(C(=O)NC(C)(CC)C(=O)O)CC1C. The van der Waals surface area contributed by atoms with Gasteiger partial charge in [-0.2, -0.15) is 0 Å². The molecule has 0 radical (unpaired) electrons. The highest BCUT2D eigenvalue weighted by atomic mass is 16.4. The molecule has 0 aromatic heterocycles. The van der Waals surface area contributed by atoms with Crippen LogP contribution in [0.4, 0.5) is 4.79 Å². The van der Waals surface area contributed by atoms with E-state index in [4.69, 9.17) is 0 Å². The zero-order chi connectivity index (χ0) is 14.6. The van der Waals surface area contributed by atoms with Crippen LogP contribution in [0.2, 0.25) is 0 Å². The summed E-state index contributed by atoms with van der Waals surface area (Å²) >= 11 is 0. The Morgan fingerprint density at radius 2 is 2.00 bits per heavy atom. The molecule has 0 aromatic carbocycles. The maximum Gasteiger partial charge on any atom is 0.329 e. The first-order valence-electron chi connectivity index (χ1n) is 6.88. The number of hydrogen-bond donors (Lipinski definition) is 2. The number of rotatable bonds is 4. The normalized spacial score (nSPS) is 23.8. The first kappa shape index (κ1) is 15.8. The van der Waals surface area contributed by atoms with Crippen LogP contribution in [0.15, 0.2) is 0 Å². The van der Waals surface area contributed by atoms with Crippen molar-refractivity contribution < 1.29 is 14.7 Å². The van der Waals surface area contributed by atoms with Crippen molar-refractivity contribution in [3.63, 3.8) is 0 Å². The fraction of sp³-hybridized carbons (Fsp3) is 0.846. The van der Waals surface area contributed by atoms with E-state index in [-0.39, 0.29) is 6.03 Å². The van der Waals surface area contributed by atoms with Gasteiger partial charge in [-0.1, -0.05) is 13.8 Å². The van der Waals surface area contributed by atoms with Gasteiger partial charge in [0.2, 0.25) is 0 Å². The Hall–Kier alpha value is -1.30. The maximum absolute atomic E-state index is 12.2. The van der Waals surface area contributed by atoms with Crippen molar-refractivity contribution in [3.05, 3.63) is 0 Å². The van der Waals surface area contributed by atoms with Crippen molar-refractivity contribution in [2.24, 2.45) is 0 Å². The van der Waals surface area contributed by atoms with Crippen LogP contribution in [0, 0.1) is 0 Å². The first-order chi connectivity index (χ1) is 8.84. The molecule has 2 atom stereocenters. The van der Waals surface area contributed by atoms with Gasteiger partial charge in [0, 0.05) is 25.7 Å². The molecule has 1 aliphatic heterocycles. The lowest BCUT2D eigenvalue weighted by molar-refractivity contribution is -0.143. The number of nitrogens with zero attached hydrogens (tertiary/aromatic N) is 2. The molecule has 1 aliphatic rings. The standard InChI is InChI=1S/C13H25N3O3/c1-5-13(4,11(17)18)14-12(19)16-8-7-15(6-2)10(3)9-16/h10H,5-9H2,1-4H3,(H,14,19)(H,17,18). The van der Waals surface area contributed by atoms with Gasteiger partial charge >= 0.3 is 12.0 Å². The molecule has 2 N–H and O–H groups in total. The Morgan fingerprint density at radius 3 is 2.42 bits per heavy atom. The smallest absolute Gasteiger partial charge is 0.329 e. The second-order valence-electron chi connectivity index (χ2n) is 5.34. The summed E-state index contributed by atoms with van der Waals surface area (Å²) in [5.74, 6) is -0.997. The molecule has 0 saturated carbocycles. The molecule has 1 saturated heterocycles. The van der Waals surface area contributed by atoms with E-state index in [1.165, 1.54) is 0 Å². The van der Waals surface area contributed by atoms with Gasteiger partial charge in [-0.25, -0.2) is 9.59 Å². The predicted molar refractivity (Wildman–Crippen MR) is 73.1 cm³/mol. The number of carboxylic acid groups (broad SMARTS) is 1. The minimum atomic E-state index is -1.19. The van der Waals surface area contributed by atoms with E-state index in [9.17, 15) is 14.7 Å². The number of amides is 2. The Kier molecular flexibility index (Phi) is 5.17. The van der Waals surface area contributed by atoms with Gasteiger partial charge in [-0.15, -0.1) is 0 Å². The van der Waals surface area contributed by atoms with Gasteiger partial charge < -0.3 is 15.3 Å². The highest BCUT2D eigenvalue weighted by Gasteiger charge is 2.35. The topological polar surface area (TPSA) is 72.9 Å². The molecular formula is C13H25N3O3. The molecule has 0 aromatic rings. The maximum atomic E-state index is 12.2. The van der Waals surface area contributed by atoms with Crippen LogP contribution in [0.1, 0.15) is 34.1 Å². The van der Waals surface area contributed by atoms with Crippen LogP contribution in [-0.4, -0.2) is 64.7 Å². The fourth-order valence-corrected chi connectivity index (χ4v) is 2.26. The molecule has 1 heterocycles. The van der Waals surface area contributed by atoms with Gasteiger partial charge in [0.15, 0.2) is 0 Å². The van der Waals surface area contributed by atoms with E-state index in [1.54, 1.807) is 18.7 Å². The summed E-state index contributed by atoms with van der Waals surface area (Å²) in [5.41, 5.74) is -1.19. The summed E-state index contributed by atoms with van der Waals surface area (Å²) in [6.07, 6.45) is 0.360. The number of carbonyl (C=O) groups excluding carboxylic acids is 1. The Labute approximate surface area is 114 Å². The number of aliphatic carboxylic acids is 1. The highest BCUT2D eigenvalue weighted by Crippen LogP contribution is 2.13. The molecule has 2 amide bonds. The Bertz CT molecular complexity index is 348. The highest BCUT2D eigenvalue weighted by molar-refractivity contribution is 5.85. The number of nitrogens with one attached hydrogen (secondary N) is 1. The summed E-state index contributed by atoms with van der Waals surface area (Å²) < 4.78 is 0. The zero-order valence-corrected chi connectivity index (χ0v) is 12.3. The van der Waals surface area contributed by atoms with E-state index >= 15 is 0 Å². The van der Waals surface area contributed by atoms with Crippen LogP contribution in [0.3, 0.4) is 0 Å². The molecule has 0 bridgehead atoms. The minimum absolute atomic E-state index is 0.283. The third kappa shape index (κ3) is 3.59. The van der Waals surface area contributed by atoms with Crippen molar-refractivity contribution in [3.8, 4) is 0 Å². The average molecular weight is 271 g/mol. The van der Waals surface area contributed by atoms with Crippen molar-refractivity contribution >= 4 is 12.0 Å². The minimum Gasteiger partial charge on any atom is -0.480 e. The van der Waals surface area contributed by atoms with E-state index in [1.807, 2.05) is 0 Å². The van der Waals surface area contributed by atoms with Gasteiger partial charge in [0.05, 0.1) is 0 Å². The largest absolute Gasteiger partial charge is 0.480 e. The summed E-state index contributed by atoms with van der Waals surface area (Å²) in [7, 11) is 0.